The Bertz CT molecular complexity index is 623. The fraction of sp³-hybridized carbons (Fsp3) is 0.588. The number of benzene rings is 1. The number of aromatic nitrogens is 2. The fourth-order valence-electron chi connectivity index (χ4n) is 3.49. The number of nitrogens with one attached hydrogen (secondary N) is 1. The lowest BCUT2D eigenvalue weighted by atomic mass is 10.0. The molecule has 4 nitrogen and oxygen atoms in total. The summed E-state index contributed by atoms with van der Waals surface area (Å²) in [5.74, 6) is 1.14. The van der Waals surface area contributed by atoms with E-state index in [1.165, 1.54) is 44.2 Å². The van der Waals surface area contributed by atoms with Crippen molar-refractivity contribution in [2.45, 2.75) is 44.2 Å². The van der Waals surface area contributed by atoms with Crippen LogP contribution in [-0.2, 0) is 7.05 Å². The van der Waals surface area contributed by atoms with E-state index in [0.29, 0.717) is 12.1 Å². The third kappa shape index (κ3) is 2.53. The van der Waals surface area contributed by atoms with Crippen LogP contribution in [0.2, 0.25) is 0 Å². The highest BCUT2D eigenvalue weighted by Crippen LogP contribution is 2.33. The molecule has 2 heterocycles. The van der Waals surface area contributed by atoms with Gasteiger partial charge in [-0.2, -0.15) is 0 Å². The van der Waals surface area contributed by atoms with E-state index in [9.17, 15) is 0 Å². The second-order valence-corrected chi connectivity index (χ2v) is 6.49. The van der Waals surface area contributed by atoms with Gasteiger partial charge in [-0.15, -0.1) is 0 Å². The molecule has 1 aliphatic carbocycles. The molecule has 21 heavy (non-hydrogen) atoms. The summed E-state index contributed by atoms with van der Waals surface area (Å²) in [6, 6.07) is 9.77. The van der Waals surface area contributed by atoms with Crippen LogP contribution in [0.4, 0.5) is 5.95 Å². The standard InChI is InChI=1S/C17H24N4/c1-20-16-8-3-2-7-15(16)19-17(20)21(14-9-10-14)12-13-6-4-5-11-18-13/h2-3,7-8,13-14,18H,4-6,9-12H2,1H3. The van der Waals surface area contributed by atoms with Crippen LogP contribution in [0, 0.1) is 0 Å². The van der Waals surface area contributed by atoms with Gasteiger partial charge in [0.1, 0.15) is 0 Å². The highest BCUT2D eigenvalue weighted by Gasteiger charge is 2.33. The van der Waals surface area contributed by atoms with Crippen molar-refractivity contribution in [3.8, 4) is 0 Å². The minimum atomic E-state index is 0.624. The van der Waals surface area contributed by atoms with E-state index >= 15 is 0 Å². The normalized spacial score (nSPS) is 22.6. The zero-order chi connectivity index (χ0) is 14.2. The van der Waals surface area contributed by atoms with E-state index < -0.39 is 0 Å². The first kappa shape index (κ1) is 13.1. The predicted molar refractivity (Wildman–Crippen MR) is 86.7 cm³/mol. The largest absolute Gasteiger partial charge is 0.338 e. The van der Waals surface area contributed by atoms with E-state index in [-0.39, 0.29) is 0 Å². The molecule has 1 atom stereocenters. The number of imidazole rings is 1. The predicted octanol–water partition coefficient (Wildman–Crippen LogP) is 2.68. The van der Waals surface area contributed by atoms with Crippen LogP contribution in [0.5, 0.6) is 0 Å². The number of hydrogen-bond acceptors (Lipinski definition) is 3. The Morgan fingerprint density at radius 2 is 2.10 bits per heavy atom. The third-order valence-corrected chi connectivity index (χ3v) is 4.84. The second kappa shape index (κ2) is 5.34. The van der Waals surface area contributed by atoms with E-state index in [2.05, 4.69) is 46.1 Å². The molecule has 0 bridgehead atoms. The average Bonchev–Trinajstić information content (AvgIpc) is 3.31. The van der Waals surface area contributed by atoms with Crippen LogP contribution in [0.1, 0.15) is 32.1 Å². The highest BCUT2D eigenvalue weighted by molar-refractivity contribution is 5.78. The summed E-state index contributed by atoms with van der Waals surface area (Å²) >= 11 is 0. The summed E-state index contributed by atoms with van der Waals surface area (Å²) in [6.07, 6.45) is 6.62. The maximum absolute atomic E-state index is 4.90. The lowest BCUT2D eigenvalue weighted by Gasteiger charge is -2.31. The lowest BCUT2D eigenvalue weighted by Crippen LogP contribution is -2.45. The number of aryl methyl sites for hydroxylation is 1. The van der Waals surface area contributed by atoms with Gasteiger partial charge < -0.3 is 14.8 Å². The molecule has 2 fully saturated rings. The summed E-state index contributed by atoms with van der Waals surface area (Å²) < 4.78 is 2.26. The minimum absolute atomic E-state index is 0.624. The molecule has 1 aliphatic heterocycles. The first-order valence-electron chi connectivity index (χ1n) is 8.24. The Balaban J connectivity index is 1.64. The molecule has 1 saturated heterocycles. The van der Waals surface area contributed by atoms with Gasteiger partial charge in [-0.25, -0.2) is 4.98 Å². The first-order chi connectivity index (χ1) is 10.3. The van der Waals surface area contributed by atoms with Gasteiger partial charge in [0, 0.05) is 25.7 Å². The molecule has 4 heteroatoms. The van der Waals surface area contributed by atoms with Crippen LogP contribution in [0.25, 0.3) is 11.0 Å². The van der Waals surface area contributed by atoms with Gasteiger partial charge in [0.05, 0.1) is 11.0 Å². The number of piperidine rings is 1. The van der Waals surface area contributed by atoms with Gasteiger partial charge in [-0.3, -0.25) is 0 Å². The molecule has 1 unspecified atom stereocenters. The molecule has 1 aromatic heterocycles. The molecule has 1 N–H and O–H groups in total. The number of fused-ring (bicyclic) bond motifs is 1. The summed E-state index contributed by atoms with van der Waals surface area (Å²) in [5.41, 5.74) is 2.34. The van der Waals surface area contributed by atoms with Gasteiger partial charge in [0.15, 0.2) is 0 Å². The van der Waals surface area contributed by atoms with Gasteiger partial charge in [0.25, 0.3) is 0 Å². The van der Waals surface area contributed by atoms with Crippen molar-refractivity contribution < 1.29 is 0 Å². The monoisotopic (exact) mass is 284 g/mol. The van der Waals surface area contributed by atoms with Crippen molar-refractivity contribution >= 4 is 17.0 Å². The zero-order valence-electron chi connectivity index (χ0n) is 12.8. The summed E-state index contributed by atoms with van der Waals surface area (Å²) in [6.45, 7) is 2.27. The molecule has 4 rings (SSSR count). The first-order valence-corrected chi connectivity index (χ1v) is 8.24. The molecule has 2 aliphatic rings. The topological polar surface area (TPSA) is 33.1 Å². The molecular weight excluding hydrogens is 260 g/mol. The van der Waals surface area contributed by atoms with Crippen LogP contribution in [0.15, 0.2) is 24.3 Å². The van der Waals surface area contributed by atoms with Gasteiger partial charge in [-0.1, -0.05) is 18.6 Å². The Kier molecular flexibility index (Phi) is 3.34. The van der Waals surface area contributed by atoms with Crippen molar-refractivity contribution in [2.24, 2.45) is 7.05 Å². The highest BCUT2D eigenvalue weighted by atomic mass is 15.3. The van der Waals surface area contributed by atoms with Crippen molar-refractivity contribution in [1.82, 2.24) is 14.9 Å². The number of anilines is 1. The minimum Gasteiger partial charge on any atom is -0.338 e. The van der Waals surface area contributed by atoms with E-state index in [1.54, 1.807) is 0 Å². The van der Waals surface area contributed by atoms with Crippen molar-refractivity contribution in [1.29, 1.82) is 0 Å². The lowest BCUT2D eigenvalue weighted by molar-refractivity contribution is 0.396. The Labute approximate surface area is 126 Å². The summed E-state index contributed by atoms with van der Waals surface area (Å²) in [5, 5.41) is 3.68. The van der Waals surface area contributed by atoms with E-state index in [1.807, 2.05) is 0 Å². The second-order valence-electron chi connectivity index (χ2n) is 6.49. The van der Waals surface area contributed by atoms with E-state index in [0.717, 1.165) is 18.0 Å². The van der Waals surface area contributed by atoms with Gasteiger partial charge in [0.2, 0.25) is 5.95 Å². The molecule has 0 radical (unpaired) electrons. The van der Waals surface area contributed by atoms with Gasteiger partial charge in [-0.05, 0) is 44.4 Å². The molecular formula is C17H24N4. The Hall–Kier alpha value is -1.55. The summed E-state index contributed by atoms with van der Waals surface area (Å²) in [4.78, 5) is 7.45. The SMILES string of the molecule is Cn1c(N(CC2CCCCN2)C2CC2)nc2ccccc21. The van der Waals surface area contributed by atoms with Crippen molar-refractivity contribution in [3.63, 3.8) is 0 Å². The molecule has 0 amide bonds. The van der Waals surface area contributed by atoms with E-state index in [4.69, 9.17) is 4.98 Å². The van der Waals surface area contributed by atoms with Crippen LogP contribution in [0.3, 0.4) is 0 Å². The van der Waals surface area contributed by atoms with Crippen molar-refractivity contribution in [3.05, 3.63) is 24.3 Å². The van der Waals surface area contributed by atoms with Crippen LogP contribution in [-0.4, -0.2) is 34.7 Å². The van der Waals surface area contributed by atoms with Crippen molar-refractivity contribution in [2.75, 3.05) is 18.0 Å². The Morgan fingerprint density at radius 1 is 1.24 bits per heavy atom. The molecule has 2 aromatic rings. The molecule has 112 valence electrons. The smallest absolute Gasteiger partial charge is 0.206 e. The number of hydrogen-bond donors (Lipinski definition) is 1. The quantitative estimate of drug-likeness (QED) is 0.937. The van der Waals surface area contributed by atoms with Gasteiger partial charge >= 0.3 is 0 Å². The molecule has 1 aromatic carbocycles. The van der Waals surface area contributed by atoms with Crippen LogP contribution < -0.4 is 10.2 Å². The molecule has 1 saturated carbocycles. The van der Waals surface area contributed by atoms with Crippen LogP contribution >= 0.6 is 0 Å². The third-order valence-electron chi connectivity index (χ3n) is 4.84. The summed E-state index contributed by atoms with van der Waals surface area (Å²) in [7, 11) is 2.15. The average molecular weight is 284 g/mol. The Morgan fingerprint density at radius 3 is 2.81 bits per heavy atom. The maximum atomic E-state index is 4.90. The fourth-order valence-corrected chi connectivity index (χ4v) is 3.49. The number of nitrogens with zero attached hydrogens (tertiary/aromatic N) is 3. The maximum Gasteiger partial charge on any atom is 0.206 e. The zero-order valence-corrected chi connectivity index (χ0v) is 12.8. The molecule has 0 spiro atoms. The number of rotatable bonds is 4. The number of para-hydroxylation sites is 2.